The number of nitrogens with zero attached hydrogens (tertiary/aromatic N) is 3. The number of anilines is 2. The Morgan fingerprint density at radius 2 is 1.81 bits per heavy atom. The number of thioether (sulfide) groups is 2. The third-order valence-corrected chi connectivity index (χ3v) is 10.0. The van der Waals surface area contributed by atoms with Crippen molar-refractivity contribution >= 4 is 91.3 Å². The Labute approximate surface area is 238 Å². The number of unbranched alkanes of at least 4 members (excludes halogenated alkanes) is 1. The Hall–Kier alpha value is -2.30. The minimum absolute atomic E-state index is 0.0816. The van der Waals surface area contributed by atoms with Crippen molar-refractivity contribution in [3.05, 3.63) is 84.2 Å². The molecule has 1 saturated heterocycles. The zero-order valence-corrected chi connectivity index (χ0v) is 24.3. The molecule has 190 valence electrons. The zero-order chi connectivity index (χ0) is 26.1. The number of amides is 1. The van der Waals surface area contributed by atoms with Gasteiger partial charge in [-0.3, -0.25) is 19.1 Å². The molecule has 3 heterocycles. The van der Waals surface area contributed by atoms with Crippen LogP contribution >= 0.6 is 58.7 Å². The molecule has 5 rings (SSSR count). The number of thiazole rings is 1. The molecular weight excluding hydrogens is 562 g/mol. The van der Waals surface area contributed by atoms with Crippen molar-refractivity contribution in [1.29, 1.82) is 0 Å². The van der Waals surface area contributed by atoms with Gasteiger partial charge in [0.2, 0.25) is 0 Å². The largest absolute Gasteiger partial charge is 0.335 e. The molecule has 0 bridgehead atoms. The van der Waals surface area contributed by atoms with E-state index in [-0.39, 0.29) is 11.5 Å². The highest BCUT2D eigenvalue weighted by molar-refractivity contribution is 8.31. The van der Waals surface area contributed by atoms with E-state index in [2.05, 4.69) is 18.7 Å². The van der Waals surface area contributed by atoms with E-state index in [1.54, 1.807) is 21.2 Å². The average Bonchev–Trinajstić information content (AvgIpc) is 3.51. The fraction of sp³-hybridized carbons (Fsp3) is 0.222. The van der Waals surface area contributed by atoms with Crippen molar-refractivity contribution in [2.75, 3.05) is 16.3 Å². The molecule has 0 spiro atoms. The second-order valence-electron chi connectivity index (χ2n) is 8.38. The molecule has 0 atom stereocenters. The molecule has 1 fully saturated rings. The molecule has 2 aliphatic heterocycles. The van der Waals surface area contributed by atoms with Crippen LogP contribution in [-0.2, 0) is 11.3 Å². The van der Waals surface area contributed by atoms with Crippen molar-refractivity contribution in [3.63, 3.8) is 0 Å². The lowest BCUT2D eigenvalue weighted by atomic mass is 10.3. The summed E-state index contributed by atoms with van der Waals surface area (Å²) < 4.78 is 3.47. The van der Waals surface area contributed by atoms with Gasteiger partial charge in [0.1, 0.15) is 9.57 Å². The van der Waals surface area contributed by atoms with E-state index in [1.165, 1.54) is 23.1 Å². The summed E-state index contributed by atoms with van der Waals surface area (Å²) in [5.74, 6) is -0.187. The van der Waals surface area contributed by atoms with Gasteiger partial charge in [-0.2, -0.15) is 0 Å². The van der Waals surface area contributed by atoms with E-state index in [0.29, 0.717) is 30.0 Å². The van der Waals surface area contributed by atoms with Gasteiger partial charge < -0.3 is 4.90 Å². The van der Waals surface area contributed by atoms with Crippen molar-refractivity contribution in [2.45, 2.75) is 38.1 Å². The number of hydrogen-bond acceptors (Lipinski definition) is 7. The summed E-state index contributed by atoms with van der Waals surface area (Å²) in [6.07, 6.45) is 5.64. The number of benzene rings is 2. The van der Waals surface area contributed by atoms with Crippen molar-refractivity contribution < 1.29 is 4.79 Å². The normalized spacial score (nSPS) is 18.5. The molecule has 2 aromatic carbocycles. The molecule has 1 amide bonds. The number of aromatic nitrogens is 1. The maximum absolute atomic E-state index is 13.5. The second kappa shape index (κ2) is 11.2. The van der Waals surface area contributed by atoms with Crippen molar-refractivity contribution in [1.82, 2.24) is 4.57 Å². The number of allylic oxidation sites excluding steroid dienone is 1. The van der Waals surface area contributed by atoms with Gasteiger partial charge >= 0.3 is 0 Å². The van der Waals surface area contributed by atoms with E-state index in [1.807, 2.05) is 60.7 Å². The zero-order valence-electron chi connectivity index (χ0n) is 20.3. The van der Waals surface area contributed by atoms with E-state index in [0.717, 1.165) is 40.7 Å². The maximum atomic E-state index is 13.5. The Bertz CT molecular complexity index is 1590. The van der Waals surface area contributed by atoms with Crippen molar-refractivity contribution in [3.8, 4) is 0 Å². The van der Waals surface area contributed by atoms with Crippen LogP contribution in [0.25, 0.3) is 11.0 Å². The van der Waals surface area contributed by atoms with Crippen LogP contribution in [0.5, 0.6) is 0 Å². The van der Waals surface area contributed by atoms with Crippen LogP contribution in [-0.4, -0.2) is 21.3 Å². The topological polar surface area (TPSA) is 45.6 Å². The van der Waals surface area contributed by atoms with Crippen LogP contribution in [0.2, 0.25) is 5.02 Å². The van der Waals surface area contributed by atoms with Gasteiger partial charge in [0.25, 0.3) is 11.5 Å². The number of carbonyl (C=O) groups is 1. The smallest absolute Gasteiger partial charge is 0.273 e. The number of halogens is 1. The standard InChI is InChI=1S/C27H24ClN3O2S4/c1-3-5-15-30-24(32)21(13-14-22-29(4-2)19-16-17(28)11-12-20(19)35-22)36-26(30)23-25(33)31(27(34)37-23)18-9-7-6-8-10-18/h6-14,16H,3-5,15H2,1-2H3. The quantitative estimate of drug-likeness (QED) is 0.341. The highest BCUT2D eigenvalue weighted by Crippen LogP contribution is 2.46. The highest BCUT2D eigenvalue weighted by Gasteiger charge is 2.35. The van der Waals surface area contributed by atoms with Crippen LogP contribution in [0.15, 0.2) is 69.3 Å². The minimum Gasteiger partial charge on any atom is -0.335 e. The maximum Gasteiger partial charge on any atom is 0.273 e. The van der Waals surface area contributed by atoms with Gasteiger partial charge in [-0.15, -0.1) is 11.3 Å². The predicted molar refractivity (Wildman–Crippen MR) is 163 cm³/mol. The Kier molecular flexibility index (Phi) is 7.97. The lowest BCUT2D eigenvalue weighted by molar-refractivity contribution is -0.112. The second-order valence-corrected chi connectivity index (χ2v) is 12.6. The first-order chi connectivity index (χ1) is 17.9. The number of thiocarbonyl (C=S) groups is 1. The Morgan fingerprint density at radius 1 is 1.03 bits per heavy atom. The Balaban J connectivity index is 1.60. The lowest BCUT2D eigenvalue weighted by Crippen LogP contribution is -2.33. The van der Waals surface area contributed by atoms with Crippen LogP contribution in [0.3, 0.4) is 0 Å². The first-order valence-corrected chi connectivity index (χ1v) is 15.2. The van der Waals surface area contributed by atoms with Gasteiger partial charge in [0.05, 0.1) is 20.9 Å². The van der Waals surface area contributed by atoms with Gasteiger partial charge in [0.15, 0.2) is 4.32 Å². The molecule has 0 radical (unpaired) electrons. The van der Waals surface area contributed by atoms with Gasteiger partial charge in [-0.25, -0.2) is 0 Å². The molecular formula is C27H24ClN3O2S4. The fourth-order valence-electron chi connectivity index (χ4n) is 4.19. The molecule has 0 aliphatic carbocycles. The molecule has 37 heavy (non-hydrogen) atoms. The van der Waals surface area contributed by atoms with Crippen molar-refractivity contribution in [2.24, 2.45) is 0 Å². The summed E-state index contributed by atoms with van der Waals surface area (Å²) in [7, 11) is 0. The van der Waals surface area contributed by atoms with Gasteiger partial charge in [-0.1, -0.05) is 78.9 Å². The third-order valence-electron chi connectivity index (χ3n) is 6.01. The molecule has 1 aromatic heterocycles. The molecule has 10 heteroatoms. The van der Waals surface area contributed by atoms with Gasteiger partial charge in [-0.05, 0) is 55.8 Å². The lowest BCUT2D eigenvalue weighted by Gasteiger charge is -2.17. The molecule has 0 saturated carbocycles. The number of hydrogen-bond donors (Lipinski definition) is 0. The third kappa shape index (κ3) is 5.07. The molecule has 5 nitrogen and oxygen atoms in total. The summed E-state index contributed by atoms with van der Waals surface area (Å²) >= 11 is 16.1. The predicted octanol–water partition coefficient (Wildman–Crippen LogP) is 5.79. The van der Waals surface area contributed by atoms with Crippen LogP contribution in [0.1, 0.15) is 26.7 Å². The fourth-order valence-corrected chi connectivity index (χ4v) is 7.99. The number of fused-ring (bicyclic) bond motifs is 1. The van der Waals surface area contributed by atoms with Crippen LogP contribution in [0, 0.1) is 0 Å². The van der Waals surface area contributed by atoms with E-state index in [9.17, 15) is 9.59 Å². The molecule has 0 N–H and O–H groups in total. The minimum atomic E-state index is -0.187. The first kappa shape index (κ1) is 26.3. The van der Waals surface area contributed by atoms with E-state index in [4.69, 9.17) is 23.8 Å². The number of carbonyl (C=O) groups excluding carboxylic acids is 1. The summed E-state index contributed by atoms with van der Waals surface area (Å²) in [6.45, 7) is 5.52. The number of para-hydroxylation sites is 1. The monoisotopic (exact) mass is 585 g/mol. The van der Waals surface area contributed by atoms with Gasteiger partial charge in [0, 0.05) is 23.0 Å². The Morgan fingerprint density at radius 3 is 2.54 bits per heavy atom. The molecule has 0 unspecified atom stereocenters. The summed E-state index contributed by atoms with van der Waals surface area (Å²) in [5.41, 5.74) is 1.72. The first-order valence-electron chi connectivity index (χ1n) is 11.9. The number of rotatable bonds is 6. The highest BCUT2D eigenvalue weighted by atomic mass is 35.5. The molecule has 3 aromatic rings. The van der Waals surface area contributed by atoms with E-state index >= 15 is 0 Å². The van der Waals surface area contributed by atoms with Crippen LogP contribution in [0.4, 0.5) is 11.4 Å². The molecule has 2 aliphatic rings. The summed E-state index contributed by atoms with van der Waals surface area (Å²) in [4.78, 5) is 32.4. The summed E-state index contributed by atoms with van der Waals surface area (Å²) in [6, 6.07) is 15.3. The average molecular weight is 586 g/mol. The summed E-state index contributed by atoms with van der Waals surface area (Å²) in [5, 5.41) is 1.73. The van der Waals surface area contributed by atoms with Crippen LogP contribution < -0.4 is 24.6 Å². The van der Waals surface area contributed by atoms with E-state index < -0.39 is 0 Å². The SMILES string of the molecule is CCCCn1c(=C2SC(=S)N(c3ccccc3)C2=O)sc(=CC=C2Sc3ccc(Cl)cc3N2CC)c1=O.